The van der Waals surface area contributed by atoms with E-state index in [1.807, 2.05) is 0 Å². The van der Waals surface area contributed by atoms with Crippen LogP contribution in [-0.2, 0) is 16.6 Å². The van der Waals surface area contributed by atoms with E-state index < -0.39 is 34.5 Å². The molecule has 0 saturated carbocycles. The summed E-state index contributed by atoms with van der Waals surface area (Å²) in [5, 5.41) is 8.86. The van der Waals surface area contributed by atoms with Crippen LogP contribution >= 0.6 is 23.2 Å². The maximum atomic E-state index is 12.3. The molecule has 0 aliphatic carbocycles. The Hall–Kier alpha value is -0.470. The smallest absolute Gasteiger partial charge is 0.252 e. The Bertz CT molecular complexity index is 566. The second-order valence-corrected chi connectivity index (χ2v) is 6.54. The number of benzene rings is 1. The Kier molecular flexibility index (Phi) is 5.52. The Morgan fingerprint density at radius 2 is 1.95 bits per heavy atom. The molecule has 9 heteroatoms. The number of halogens is 4. The molecule has 1 aromatic carbocycles. The highest BCUT2D eigenvalue weighted by Crippen LogP contribution is 2.31. The van der Waals surface area contributed by atoms with Gasteiger partial charge in [0.05, 0.1) is 18.2 Å². The van der Waals surface area contributed by atoms with E-state index in [0.717, 1.165) is 13.1 Å². The van der Waals surface area contributed by atoms with Gasteiger partial charge in [0.25, 0.3) is 6.43 Å². The molecule has 4 nitrogen and oxygen atoms in total. The van der Waals surface area contributed by atoms with E-state index in [4.69, 9.17) is 28.3 Å². The fraction of sp³-hybridized carbons (Fsp3) is 0.400. The summed E-state index contributed by atoms with van der Waals surface area (Å²) in [6.45, 7) is -1.47. The minimum Gasteiger partial charge on any atom is -0.392 e. The van der Waals surface area contributed by atoms with Gasteiger partial charge in [-0.1, -0.05) is 23.2 Å². The zero-order valence-electron chi connectivity index (χ0n) is 9.78. The largest absolute Gasteiger partial charge is 0.392 e. The lowest BCUT2D eigenvalue weighted by Gasteiger charge is -2.18. The molecule has 0 amide bonds. The lowest BCUT2D eigenvalue weighted by Crippen LogP contribution is -2.31. The standard InChI is InChI=1S/C10H11Cl2F2NO3S/c1-15(4-9(13)14)19(17,18)8-3-7(11)2-6(5-16)10(8)12/h2-3,9,16H,4-5H2,1H3. The van der Waals surface area contributed by atoms with Crippen LogP contribution in [0.4, 0.5) is 8.78 Å². The first-order valence-electron chi connectivity index (χ1n) is 5.03. The summed E-state index contributed by atoms with van der Waals surface area (Å²) in [5.74, 6) is 0. The molecule has 0 aromatic heterocycles. The van der Waals surface area contributed by atoms with Gasteiger partial charge in [-0.25, -0.2) is 17.2 Å². The number of nitrogens with zero attached hydrogens (tertiary/aromatic N) is 1. The van der Waals surface area contributed by atoms with E-state index in [2.05, 4.69) is 0 Å². The summed E-state index contributed by atoms with van der Waals surface area (Å²) >= 11 is 11.6. The van der Waals surface area contributed by atoms with Crippen molar-refractivity contribution in [2.45, 2.75) is 17.9 Å². The van der Waals surface area contributed by atoms with Crippen molar-refractivity contribution in [3.05, 3.63) is 27.7 Å². The fourth-order valence-corrected chi connectivity index (χ4v) is 3.43. The summed E-state index contributed by atoms with van der Waals surface area (Å²) in [7, 11) is -3.18. The summed E-state index contributed by atoms with van der Waals surface area (Å²) in [6.07, 6.45) is -2.81. The van der Waals surface area contributed by atoms with Crippen LogP contribution in [0, 0.1) is 0 Å². The number of rotatable bonds is 5. The molecule has 0 fully saturated rings. The van der Waals surface area contributed by atoms with E-state index >= 15 is 0 Å². The van der Waals surface area contributed by atoms with Gasteiger partial charge in [-0.15, -0.1) is 0 Å². The van der Waals surface area contributed by atoms with E-state index in [0.29, 0.717) is 4.31 Å². The molecule has 0 saturated heterocycles. The van der Waals surface area contributed by atoms with Crippen LogP contribution in [0.5, 0.6) is 0 Å². The van der Waals surface area contributed by atoms with Gasteiger partial charge in [-0.05, 0) is 17.7 Å². The molecule has 0 unspecified atom stereocenters. The Morgan fingerprint density at radius 1 is 1.37 bits per heavy atom. The Balaban J connectivity index is 3.32. The topological polar surface area (TPSA) is 57.6 Å². The minimum absolute atomic E-state index is 0.0393. The first kappa shape index (κ1) is 16.6. The molecule has 0 bridgehead atoms. The zero-order valence-corrected chi connectivity index (χ0v) is 12.1. The average molecular weight is 334 g/mol. The minimum atomic E-state index is -4.19. The Labute approximate surface area is 119 Å². The van der Waals surface area contributed by atoms with Crippen LogP contribution in [0.2, 0.25) is 10.0 Å². The van der Waals surface area contributed by atoms with Crippen molar-refractivity contribution < 1.29 is 22.3 Å². The number of aliphatic hydroxyl groups is 1. The van der Waals surface area contributed by atoms with E-state index in [1.165, 1.54) is 6.07 Å². The quantitative estimate of drug-likeness (QED) is 0.899. The normalized spacial score (nSPS) is 12.4. The second-order valence-electron chi connectivity index (χ2n) is 3.71. The molecule has 19 heavy (non-hydrogen) atoms. The van der Waals surface area contributed by atoms with E-state index in [9.17, 15) is 17.2 Å². The van der Waals surface area contributed by atoms with Crippen molar-refractivity contribution in [1.82, 2.24) is 4.31 Å². The first-order chi connectivity index (χ1) is 8.70. The highest BCUT2D eigenvalue weighted by Gasteiger charge is 2.27. The molecule has 0 heterocycles. The molecular formula is C10H11Cl2F2NO3S. The molecule has 0 radical (unpaired) electrons. The monoisotopic (exact) mass is 333 g/mol. The molecule has 108 valence electrons. The van der Waals surface area contributed by atoms with Crippen LogP contribution in [0.3, 0.4) is 0 Å². The third-order valence-electron chi connectivity index (χ3n) is 2.33. The van der Waals surface area contributed by atoms with Gasteiger partial charge in [0.1, 0.15) is 4.90 Å². The maximum absolute atomic E-state index is 12.3. The molecular weight excluding hydrogens is 323 g/mol. The fourth-order valence-electron chi connectivity index (χ4n) is 1.38. The zero-order chi connectivity index (χ0) is 14.8. The van der Waals surface area contributed by atoms with E-state index in [1.54, 1.807) is 0 Å². The summed E-state index contributed by atoms with van der Waals surface area (Å²) in [5.41, 5.74) is 0.109. The van der Waals surface area contributed by atoms with Crippen molar-refractivity contribution in [3.63, 3.8) is 0 Å². The van der Waals surface area contributed by atoms with Crippen molar-refractivity contribution in [2.24, 2.45) is 0 Å². The van der Waals surface area contributed by atoms with E-state index in [-0.39, 0.29) is 15.6 Å². The van der Waals surface area contributed by atoms with Crippen LogP contribution in [0.15, 0.2) is 17.0 Å². The van der Waals surface area contributed by atoms with Crippen LogP contribution in [0.25, 0.3) is 0 Å². The molecule has 1 aromatic rings. The number of aliphatic hydroxyl groups excluding tert-OH is 1. The third kappa shape index (κ3) is 3.76. The molecule has 0 aliphatic rings. The molecule has 0 spiro atoms. The number of hydrogen-bond acceptors (Lipinski definition) is 3. The predicted octanol–water partition coefficient (Wildman–Crippen LogP) is 2.37. The SMILES string of the molecule is CN(CC(F)F)S(=O)(=O)c1cc(Cl)cc(CO)c1Cl. The third-order valence-corrected chi connectivity index (χ3v) is 4.96. The lowest BCUT2D eigenvalue weighted by atomic mass is 10.2. The van der Waals surface area contributed by atoms with Gasteiger partial charge in [0.2, 0.25) is 10.0 Å². The summed E-state index contributed by atoms with van der Waals surface area (Å²) in [4.78, 5) is -0.408. The summed E-state index contributed by atoms with van der Waals surface area (Å²) in [6, 6.07) is 2.36. The number of alkyl halides is 2. The van der Waals surface area contributed by atoms with Crippen molar-refractivity contribution in [1.29, 1.82) is 0 Å². The average Bonchev–Trinajstić information content (AvgIpc) is 2.30. The lowest BCUT2D eigenvalue weighted by molar-refractivity contribution is 0.126. The summed E-state index contributed by atoms with van der Waals surface area (Å²) < 4.78 is 49.1. The van der Waals surface area contributed by atoms with Gasteiger partial charge >= 0.3 is 0 Å². The van der Waals surface area contributed by atoms with Gasteiger partial charge < -0.3 is 5.11 Å². The van der Waals surface area contributed by atoms with Gasteiger partial charge in [0, 0.05) is 12.1 Å². The van der Waals surface area contributed by atoms with Crippen molar-refractivity contribution in [3.8, 4) is 0 Å². The Morgan fingerprint density at radius 3 is 2.42 bits per heavy atom. The molecule has 0 atom stereocenters. The number of sulfonamides is 1. The maximum Gasteiger partial charge on any atom is 0.252 e. The molecule has 1 rings (SSSR count). The second kappa shape index (κ2) is 6.32. The highest BCUT2D eigenvalue weighted by molar-refractivity contribution is 7.89. The van der Waals surface area contributed by atoms with Gasteiger partial charge in [-0.2, -0.15) is 4.31 Å². The van der Waals surface area contributed by atoms with Crippen LogP contribution in [0.1, 0.15) is 5.56 Å². The van der Waals surface area contributed by atoms with Gasteiger partial charge in [0.15, 0.2) is 0 Å². The van der Waals surface area contributed by atoms with Crippen molar-refractivity contribution >= 4 is 33.2 Å². The van der Waals surface area contributed by atoms with Crippen LogP contribution in [-0.4, -0.2) is 37.8 Å². The predicted molar refractivity (Wildman–Crippen MR) is 68.2 cm³/mol. The number of hydrogen-bond donors (Lipinski definition) is 1. The van der Waals surface area contributed by atoms with Crippen molar-refractivity contribution in [2.75, 3.05) is 13.6 Å². The molecule has 0 aliphatic heterocycles. The van der Waals surface area contributed by atoms with Crippen LogP contribution < -0.4 is 0 Å². The first-order valence-corrected chi connectivity index (χ1v) is 7.23. The highest BCUT2D eigenvalue weighted by atomic mass is 35.5. The van der Waals surface area contributed by atoms with Gasteiger partial charge in [-0.3, -0.25) is 0 Å². The molecule has 1 N–H and O–H groups in total.